The molecule has 176 valence electrons. The molecule has 0 atom stereocenters. The third kappa shape index (κ3) is 4.51. The van der Waals surface area contributed by atoms with E-state index >= 15 is 0 Å². The molecule has 0 bridgehead atoms. The first-order valence-electron chi connectivity index (χ1n) is 12.1. The quantitative estimate of drug-likeness (QED) is 0.235. The number of benzene rings is 4. The SMILES string of the molecule is [C-]#[N+]c1cncc(-c2cccc(-c3ccc4cc(-c5cccc(-c6cncc(C#N)c6)c5)ccc4c3)c2)c1. The zero-order valence-corrected chi connectivity index (χ0v) is 20.3. The lowest BCUT2D eigenvalue weighted by Crippen LogP contribution is -1.86. The van der Waals surface area contributed by atoms with Crippen molar-refractivity contribution in [2.24, 2.45) is 0 Å². The van der Waals surface area contributed by atoms with E-state index < -0.39 is 0 Å². The number of pyridine rings is 2. The van der Waals surface area contributed by atoms with Gasteiger partial charge in [0.25, 0.3) is 0 Å². The van der Waals surface area contributed by atoms with E-state index in [-0.39, 0.29) is 0 Å². The molecule has 0 saturated carbocycles. The van der Waals surface area contributed by atoms with Crippen LogP contribution in [0.15, 0.2) is 122 Å². The number of aromatic nitrogens is 2. The topological polar surface area (TPSA) is 53.9 Å². The van der Waals surface area contributed by atoms with Crippen molar-refractivity contribution in [1.29, 1.82) is 5.26 Å². The Labute approximate surface area is 221 Å². The lowest BCUT2D eigenvalue weighted by Gasteiger charge is -2.10. The van der Waals surface area contributed by atoms with Crippen LogP contribution in [0.2, 0.25) is 0 Å². The lowest BCUT2D eigenvalue weighted by atomic mass is 9.95. The van der Waals surface area contributed by atoms with Crippen LogP contribution in [0, 0.1) is 17.9 Å². The van der Waals surface area contributed by atoms with Gasteiger partial charge in [0, 0.05) is 30.4 Å². The van der Waals surface area contributed by atoms with Crippen LogP contribution >= 0.6 is 0 Å². The van der Waals surface area contributed by atoms with Crippen LogP contribution in [0.25, 0.3) is 60.1 Å². The second-order valence-corrected chi connectivity index (χ2v) is 9.06. The normalized spacial score (nSPS) is 10.6. The van der Waals surface area contributed by atoms with Crippen molar-refractivity contribution in [3.8, 4) is 50.6 Å². The molecule has 0 spiro atoms. The Hall–Kier alpha value is -5.58. The Bertz CT molecular complexity index is 1770. The Kier molecular flexibility index (Phi) is 5.91. The summed E-state index contributed by atoms with van der Waals surface area (Å²) in [4.78, 5) is 11.9. The number of fused-ring (bicyclic) bond motifs is 1. The Morgan fingerprint density at radius 3 is 1.58 bits per heavy atom. The molecule has 6 rings (SSSR count). The Morgan fingerprint density at radius 1 is 0.526 bits per heavy atom. The summed E-state index contributed by atoms with van der Waals surface area (Å²) in [6.45, 7) is 7.26. The average Bonchev–Trinajstić information content (AvgIpc) is 3.00. The molecule has 0 unspecified atom stereocenters. The van der Waals surface area contributed by atoms with Gasteiger partial charge >= 0.3 is 0 Å². The van der Waals surface area contributed by atoms with Crippen LogP contribution in [0.4, 0.5) is 5.69 Å². The first-order valence-corrected chi connectivity index (χ1v) is 12.1. The van der Waals surface area contributed by atoms with E-state index in [1.54, 1.807) is 24.8 Å². The molecule has 0 fully saturated rings. The van der Waals surface area contributed by atoms with E-state index in [1.807, 2.05) is 36.4 Å². The predicted molar refractivity (Wildman–Crippen MR) is 152 cm³/mol. The van der Waals surface area contributed by atoms with Gasteiger partial charge in [0.15, 0.2) is 0 Å². The summed E-state index contributed by atoms with van der Waals surface area (Å²) in [7, 11) is 0. The minimum absolute atomic E-state index is 0.535. The van der Waals surface area contributed by atoms with Crippen LogP contribution in [-0.4, -0.2) is 9.97 Å². The van der Waals surface area contributed by atoms with E-state index in [9.17, 15) is 5.26 Å². The summed E-state index contributed by atoms with van der Waals surface area (Å²) in [5.74, 6) is 0. The van der Waals surface area contributed by atoms with Crippen LogP contribution < -0.4 is 0 Å². The molecular formula is C34H20N4. The van der Waals surface area contributed by atoms with Gasteiger partial charge in [-0.3, -0.25) is 9.97 Å². The monoisotopic (exact) mass is 484 g/mol. The standard InChI is InChI=1S/C34H20N4/c1-36-34-17-33(21-38-22-34)27-7-3-5-25(14-27)29-9-11-30-15-28(8-10-31(30)16-29)24-4-2-6-26(13-24)32-12-23(18-35)19-37-20-32/h2-17,19-22H. The molecule has 4 nitrogen and oxygen atoms in total. The molecular weight excluding hydrogens is 464 g/mol. The van der Waals surface area contributed by atoms with E-state index in [4.69, 9.17) is 6.57 Å². The minimum Gasteiger partial charge on any atom is -0.276 e. The third-order valence-corrected chi connectivity index (χ3v) is 6.62. The van der Waals surface area contributed by atoms with Crippen molar-refractivity contribution in [2.75, 3.05) is 0 Å². The number of rotatable bonds is 4. The molecule has 0 aliphatic carbocycles. The van der Waals surface area contributed by atoms with Gasteiger partial charge in [-0.15, -0.1) is 0 Å². The second-order valence-electron chi connectivity index (χ2n) is 9.06. The molecule has 2 heterocycles. The largest absolute Gasteiger partial charge is 0.276 e. The van der Waals surface area contributed by atoms with Gasteiger partial charge in [-0.05, 0) is 86.1 Å². The molecule has 6 aromatic rings. The molecule has 0 aliphatic rings. The fourth-order valence-electron chi connectivity index (χ4n) is 4.67. The molecule has 0 amide bonds. The maximum absolute atomic E-state index is 9.22. The fourth-order valence-corrected chi connectivity index (χ4v) is 4.67. The van der Waals surface area contributed by atoms with Crippen LogP contribution in [0.5, 0.6) is 0 Å². The van der Waals surface area contributed by atoms with Gasteiger partial charge in [0.05, 0.1) is 12.1 Å². The highest BCUT2D eigenvalue weighted by Crippen LogP contribution is 2.32. The number of hydrogen-bond acceptors (Lipinski definition) is 3. The average molecular weight is 485 g/mol. The second kappa shape index (κ2) is 9.82. The van der Waals surface area contributed by atoms with Crippen molar-refractivity contribution >= 4 is 16.5 Å². The third-order valence-electron chi connectivity index (χ3n) is 6.62. The summed E-state index contributed by atoms with van der Waals surface area (Å²) >= 11 is 0. The smallest absolute Gasteiger partial charge is 0.205 e. The van der Waals surface area contributed by atoms with E-state index in [1.165, 1.54) is 0 Å². The Morgan fingerprint density at radius 2 is 1.03 bits per heavy atom. The maximum atomic E-state index is 9.22. The maximum Gasteiger partial charge on any atom is 0.205 e. The summed E-state index contributed by atoms with van der Waals surface area (Å²) in [5, 5.41) is 11.5. The molecule has 0 aliphatic heterocycles. The van der Waals surface area contributed by atoms with E-state index in [2.05, 4.69) is 81.5 Å². The van der Waals surface area contributed by atoms with Crippen LogP contribution in [-0.2, 0) is 0 Å². The van der Waals surface area contributed by atoms with Crippen molar-refractivity contribution < 1.29 is 0 Å². The summed E-state index contributed by atoms with van der Waals surface area (Å²) in [6.07, 6.45) is 6.74. The summed E-state index contributed by atoms with van der Waals surface area (Å²) in [6, 6.07) is 35.6. The molecule has 4 heteroatoms. The first kappa shape index (κ1) is 22.9. The molecule has 38 heavy (non-hydrogen) atoms. The van der Waals surface area contributed by atoms with E-state index in [0.717, 1.165) is 55.3 Å². The van der Waals surface area contributed by atoms with Gasteiger partial charge in [-0.2, -0.15) is 5.26 Å². The first-order chi connectivity index (χ1) is 18.7. The highest BCUT2D eigenvalue weighted by molar-refractivity contribution is 5.91. The van der Waals surface area contributed by atoms with Gasteiger partial charge in [-0.25, -0.2) is 4.85 Å². The number of hydrogen-bond donors (Lipinski definition) is 0. The molecule has 2 aromatic heterocycles. The minimum atomic E-state index is 0.535. The van der Waals surface area contributed by atoms with Gasteiger partial charge in [0.2, 0.25) is 5.69 Å². The summed E-state index contributed by atoms with van der Waals surface area (Å²) in [5.41, 5.74) is 9.49. The number of nitriles is 1. The van der Waals surface area contributed by atoms with Crippen molar-refractivity contribution in [3.63, 3.8) is 0 Å². The fraction of sp³-hybridized carbons (Fsp3) is 0. The van der Waals surface area contributed by atoms with Gasteiger partial charge in [0.1, 0.15) is 6.07 Å². The van der Waals surface area contributed by atoms with Crippen molar-refractivity contribution in [2.45, 2.75) is 0 Å². The van der Waals surface area contributed by atoms with Crippen molar-refractivity contribution in [1.82, 2.24) is 9.97 Å². The highest BCUT2D eigenvalue weighted by atomic mass is 14.7. The Balaban J connectivity index is 1.33. The zero-order chi connectivity index (χ0) is 25.9. The van der Waals surface area contributed by atoms with Crippen LogP contribution in [0.1, 0.15) is 5.56 Å². The lowest BCUT2D eigenvalue weighted by molar-refractivity contribution is 1.30. The van der Waals surface area contributed by atoms with Gasteiger partial charge in [-0.1, -0.05) is 60.7 Å². The zero-order valence-electron chi connectivity index (χ0n) is 20.3. The molecule has 0 N–H and O–H groups in total. The van der Waals surface area contributed by atoms with E-state index in [0.29, 0.717) is 11.3 Å². The molecule has 4 aromatic carbocycles. The summed E-state index contributed by atoms with van der Waals surface area (Å²) < 4.78 is 0. The number of nitrogens with zero attached hydrogens (tertiary/aromatic N) is 4. The molecule has 0 radical (unpaired) electrons. The predicted octanol–water partition coefficient (Wildman–Crippen LogP) is 8.72. The van der Waals surface area contributed by atoms with Crippen molar-refractivity contribution in [3.05, 3.63) is 139 Å². The van der Waals surface area contributed by atoms with Gasteiger partial charge < -0.3 is 0 Å². The van der Waals surface area contributed by atoms with Crippen LogP contribution in [0.3, 0.4) is 0 Å². The molecule has 0 saturated heterocycles. The highest BCUT2D eigenvalue weighted by Gasteiger charge is 2.07.